The number of anilines is 2. The van der Waals surface area contributed by atoms with Gasteiger partial charge in [0.15, 0.2) is 5.82 Å². The zero-order valence-electron chi connectivity index (χ0n) is 18.3. The van der Waals surface area contributed by atoms with Gasteiger partial charge in [-0.15, -0.1) is 10.2 Å². The number of hydrogen-bond acceptors (Lipinski definition) is 8. The van der Waals surface area contributed by atoms with Gasteiger partial charge >= 0.3 is 0 Å². The number of nitrogens with zero attached hydrogens (tertiary/aromatic N) is 6. The number of carbonyl (C=O) groups is 1. The fraction of sp³-hybridized carbons (Fsp3) is 0.435. The Bertz CT molecular complexity index is 1180. The third-order valence-electron chi connectivity index (χ3n) is 6.48. The maximum absolute atomic E-state index is 13.3. The standard InChI is InChI=1S/C23H25N7O3/c1-14-4-3-7-32-23-18(8-15(10-24-23)29-11-16-9-17(12-29)33-16)22(31)27-20-6-2-5-19(26-20)21-28-25-13-30(14)21/h2,5-6,8,10,13-14,16-17H,3-4,7,9,11-12H2,1H3,(H,26,27,31)/t14-,16?,17?/m0/s1. The third-order valence-corrected chi connectivity index (χ3v) is 6.48. The molecule has 3 saturated heterocycles. The first-order chi connectivity index (χ1) is 16.1. The van der Waals surface area contributed by atoms with E-state index in [9.17, 15) is 4.79 Å². The van der Waals surface area contributed by atoms with Gasteiger partial charge in [0, 0.05) is 25.6 Å². The molecule has 3 aromatic heterocycles. The van der Waals surface area contributed by atoms with Crippen LogP contribution >= 0.6 is 0 Å². The van der Waals surface area contributed by atoms with Crippen LogP contribution in [0.1, 0.15) is 42.6 Å². The summed E-state index contributed by atoms with van der Waals surface area (Å²) in [6.45, 7) is 4.19. The van der Waals surface area contributed by atoms with Crippen LogP contribution in [-0.4, -0.2) is 62.5 Å². The molecule has 0 aromatic carbocycles. The molecule has 0 saturated carbocycles. The van der Waals surface area contributed by atoms with Gasteiger partial charge in [0.25, 0.3) is 5.91 Å². The number of aromatic nitrogens is 5. The van der Waals surface area contributed by atoms with Crippen LogP contribution in [-0.2, 0) is 4.74 Å². The smallest absolute Gasteiger partial charge is 0.262 e. The molecular formula is C23H25N7O3. The molecule has 4 aliphatic rings. The zero-order valence-corrected chi connectivity index (χ0v) is 18.3. The molecule has 2 unspecified atom stereocenters. The Morgan fingerprint density at radius 3 is 2.91 bits per heavy atom. The topological polar surface area (TPSA) is 107 Å². The molecule has 10 nitrogen and oxygen atoms in total. The number of ether oxygens (including phenoxy) is 2. The lowest BCUT2D eigenvalue weighted by molar-refractivity contribution is -0.133. The molecule has 0 radical (unpaired) electrons. The lowest BCUT2D eigenvalue weighted by atomic mass is 9.98. The summed E-state index contributed by atoms with van der Waals surface area (Å²) in [5.41, 5.74) is 1.95. The van der Waals surface area contributed by atoms with Crippen molar-refractivity contribution in [1.29, 1.82) is 0 Å². The normalized spacial score (nSPS) is 24.5. The van der Waals surface area contributed by atoms with Crippen LogP contribution in [0.2, 0.25) is 0 Å². The quantitative estimate of drug-likeness (QED) is 0.607. The van der Waals surface area contributed by atoms with Gasteiger partial charge in [0.05, 0.1) is 30.7 Å². The van der Waals surface area contributed by atoms with Gasteiger partial charge in [-0.25, -0.2) is 9.97 Å². The highest BCUT2D eigenvalue weighted by Crippen LogP contribution is 2.33. The second kappa shape index (κ2) is 8.11. The van der Waals surface area contributed by atoms with E-state index in [1.165, 1.54) is 0 Å². The largest absolute Gasteiger partial charge is 0.477 e. The highest BCUT2D eigenvalue weighted by molar-refractivity contribution is 6.06. The second-order valence-electron chi connectivity index (χ2n) is 8.83. The Balaban J connectivity index is 1.35. The molecule has 0 aliphatic carbocycles. The summed E-state index contributed by atoms with van der Waals surface area (Å²) in [5, 5.41) is 11.2. The van der Waals surface area contributed by atoms with Crippen LogP contribution in [0.5, 0.6) is 5.88 Å². The van der Waals surface area contributed by atoms with Gasteiger partial charge in [-0.2, -0.15) is 0 Å². The van der Waals surface area contributed by atoms with Gasteiger partial charge in [-0.05, 0) is 38.0 Å². The van der Waals surface area contributed by atoms with Gasteiger partial charge in [-0.3, -0.25) is 4.79 Å². The average molecular weight is 447 g/mol. The van der Waals surface area contributed by atoms with Crippen LogP contribution in [0.25, 0.3) is 11.5 Å². The van der Waals surface area contributed by atoms with Crippen molar-refractivity contribution in [3.8, 4) is 17.4 Å². The van der Waals surface area contributed by atoms with E-state index in [2.05, 4.69) is 37.3 Å². The number of hydrogen-bond donors (Lipinski definition) is 1. The van der Waals surface area contributed by atoms with E-state index >= 15 is 0 Å². The van der Waals surface area contributed by atoms with Crippen LogP contribution in [0.15, 0.2) is 36.8 Å². The van der Waals surface area contributed by atoms with Gasteiger partial charge < -0.3 is 24.3 Å². The first-order valence-corrected chi connectivity index (χ1v) is 11.4. The summed E-state index contributed by atoms with van der Waals surface area (Å²) in [6.07, 6.45) is 6.78. The Kier molecular flexibility index (Phi) is 4.94. The van der Waals surface area contributed by atoms with E-state index in [-0.39, 0.29) is 24.2 Å². The van der Waals surface area contributed by atoms with Crippen molar-refractivity contribution in [2.45, 2.75) is 44.4 Å². The summed E-state index contributed by atoms with van der Waals surface area (Å²) in [4.78, 5) is 24.7. The van der Waals surface area contributed by atoms with E-state index < -0.39 is 0 Å². The number of piperidine rings is 1. The van der Waals surface area contributed by atoms with Crippen molar-refractivity contribution in [2.24, 2.45) is 0 Å². The molecular weight excluding hydrogens is 422 g/mol. The number of fused-ring (bicyclic) bond motifs is 7. The molecule has 1 N–H and O–H groups in total. The lowest BCUT2D eigenvalue weighted by Gasteiger charge is -2.47. The Morgan fingerprint density at radius 2 is 2.06 bits per heavy atom. The second-order valence-corrected chi connectivity index (χ2v) is 8.83. The van der Waals surface area contributed by atoms with Crippen molar-refractivity contribution in [1.82, 2.24) is 24.7 Å². The van der Waals surface area contributed by atoms with E-state index in [0.717, 1.165) is 38.0 Å². The molecule has 7 rings (SSSR count). The van der Waals surface area contributed by atoms with Gasteiger partial charge in [0.2, 0.25) is 5.88 Å². The fourth-order valence-electron chi connectivity index (χ4n) is 4.71. The summed E-state index contributed by atoms with van der Waals surface area (Å²) in [5.74, 6) is 1.13. The highest BCUT2D eigenvalue weighted by atomic mass is 16.5. The maximum atomic E-state index is 13.3. The van der Waals surface area contributed by atoms with Crippen molar-refractivity contribution in [3.05, 3.63) is 42.4 Å². The van der Waals surface area contributed by atoms with Crippen molar-refractivity contribution in [3.63, 3.8) is 0 Å². The molecule has 4 aliphatic heterocycles. The molecule has 170 valence electrons. The van der Waals surface area contributed by atoms with E-state index in [4.69, 9.17) is 9.47 Å². The monoisotopic (exact) mass is 447 g/mol. The SMILES string of the molecule is C[C@H]1CCCOc2ncc(N3CC4CC(C3)O4)cc2C(=O)Nc2cccc(n2)-c2nncn21. The summed E-state index contributed by atoms with van der Waals surface area (Å²) >= 11 is 0. The molecule has 3 aromatic rings. The van der Waals surface area contributed by atoms with Crippen LogP contribution in [0.4, 0.5) is 11.5 Å². The first kappa shape index (κ1) is 20.1. The minimum absolute atomic E-state index is 0.171. The summed E-state index contributed by atoms with van der Waals surface area (Å²) < 4.78 is 13.7. The first-order valence-electron chi connectivity index (χ1n) is 11.4. The number of rotatable bonds is 1. The minimum atomic E-state index is -0.311. The molecule has 1 amide bonds. The number of pyridine rings is 2. The number of amides is 1. The number of carbonyl (C=O) groups excluding carboxylic acids is 1. The van der Waals surface area contributed by atoms with E-state index in [0.29, 0.717) is 35.4 Å². The molecule has 33 heavy (non-hydrogen) atoms. The average Bonchev–Trinajstić information content (AvgIpc) is 3.31. The van der Waals surface area contributed by atoms with Crippen molar-refractivity contribution in [2.75, 3.05) is 29.9 Å². The summed E-state index contributed by atoms with van der Waals surface area (Å²) in [6, 6.07) is 7.50. The molecule has 0 spiro atoms. The molecule has 3 atom stereocenters. The minimum Gasteiger partial charge on any atom is -0.477 e. The third kappa shape index (κ3) is 3.80. The van der Waals surface area contributed by atoms with Crippen molar-refractivity contribution < 1.29 is 14.3 Å². The summed E-state index contributed by atoms with van der Waals surface area (Å²) in [7, 11) is 0. The molecule has 3 fully saturated rings. The lowest BCUT2D eigenvalue weighted by Crippen LogP contribution is -2.57. The van der Waals surface area contributed by atoms with Gasteiger partial charge in [-0.1, -0.05) is 6.07 Å². The van der Waals surface area contributed by atoms with Crippen LogP contribution < -0.4 is 15.0 Å². The zero-order chi connectivity index (χ0) is 22.4. The van der Waals surface area contributed by atoms with Crippen molar-refractivity contribution >= 4 is 17.4 Å². The number of morpholine rings is 1. The number of nitrogens with one attached hydrogen (secondary N) is 1. The Morgan fingerprint density at radius 1 is 1.21 bits per heavy atom. The Labute approximate surface area is 191 Å². The predicted octanol–water partition coefficient (Wildman–Crippen LogP) is 2.70. The van der Waals surface area contributed by atoms with Crippen LogP contribution in [0.3, 0.4) is 0 Å². The maximum Gasteiger partial charge on any atom is 0.262 e. The predicted molar refractivity (Wildman–Crippen MR) is 120 cm³/mol. The van der Waals surface area contributed by atoms with Gasteiger partial charge in [0.1, 0.15) is 23.4 Å². The molecule has 10 heteroatoms. The molecule has 7 heterocycles. The van der Waals surface area contributed by atoms with E-state index in [1.54, 1.807) is 18.6 Å². The Hall–Kier alpha value is -3.53. The van der Waals surface area contributed by atoms with Crippen LogP contribution in [0, 0.1) is 0 Å². The molecule has 4 bridgehead atoms. The fourth-order valence-corrected chi connectivity index (χ4v) is 4.71. The highest BCUT2D eigenvalue weighted by Gasteiger charge is 2.38. The van der Waals surface area contributed by atoms with E-state index in [1.807, 2.05) is 22.8 Å².